The first-order valence-electron chi connectivity index (χ1n) is 7.94. The molecule has 0 radical (unpaired) electrons. The number of carbonyl (C=O) groups excluding carboxylic acids is 2. The molecule has 1 fully saturated rings. The predicted octanol–water partition coefficient (Wildman–Crippen LogP) is 2.57. The fourth-order valence-corrected chi connectivity index (χ4v) is 3.91. The Balaban J connectivity index is 2.56. The summed E-state index contributed by atoms with van der Waals surface area (Å²) in [7, 11) is 0. The van der Waals surface area contributed by atoms with Crippen LogP contribution in [0.25, 0.3) is 0 Å². The van der Waals surface area contributed by atoms with Gasteiger partial charge in [0, 0.05) is 24.9 Å². The largest absolute Gasteiger partial charge is 0.356 e. The van der Waals surface area contributed by atoms with Crippen LogP contribution in [0.3, 0.4) is 0 Å². The first kappa shape index (κ1) is 18.5. The summed E-state index contributed by atoms with van der Waals surface area (Å²) >= 11 is 1.67. The van der Waals surface area contributed by atoms with Crippen molar-refractivity contribution in [3.63, 3.8) is 0 Å². The van der Waals surface area contributed by atoms with Crippen LogP contribution in [0, 0.1) is 11.8 Å². The molecular formula is C16H30N2O2S. The molecule has 0 aromatic heterocycles. The van der Waals surface area contributed by atoms with E-state index in [1.807, 2.05) is 13.8 Å². The molecule has 0 aliphatic carbocycles. The second-order valence-corrected chi connectivity index (χ2v) is 8.36. The van der Waals surface area contributed by atoms with Gasteiger partial charge in [-0.1, -0.05) is 27.7 Å². The average molecular weight is 314 g/mol. The number of amides is 1. The summed E-state index contributed by atoms with van der Waals surface area (Å²) in [4.78, 5) is 24.4. The molecule has 2 unspecified atom stereocenters. The van der Waals surface area contributed by atoms with Gasteiger partial charge in [0.05, 0.1) is 5.37 Å². The first-order chi connectivity index (χ1) is 9.69. The van der Waals surface area contributed by atoms with Gasteiger partial charge in [-0.3, -0.25) is 9.59 Å². The highest BCUT2D eigenvalue weighted by Gasteiger charge is 2.60. The van der Waals surface area contributed by atoms with Crippen molar-refractivity contribution in [2.24, 2.45) is 11.8 Å². The van der Waals surface area contributed by atoms with Crippen LogP contribution in [0.1, 0.15) is 54.4 Å². The maximum absolute atomic E-state index is 12.5. The van der Waals surface area contributed by atoms with E-state index < -0.39 is 4.75 Å². The number of nitrogens with one attached hydrogen (secondary N) is 2. The van der Waals surface area contributed by atoms with Crippen LogP contribution in [0.5, 0.6) is 0 Å². The molecule has 21 heavy (non-hydrogen) atoms. The van der Waals surface area contributed by atoms with Crippen LogP contribution in [-0.2, 0) is 9.59 Å². The number of carbonyl (C=O) groups is 2. The van der Waals surface area contributed by atoms with Crippen molar-refractivity contribution in [1.82, 2.24) is 10.6 Å². The van der Waals surface area contributed by atoms with Crippen molar-refractivity contribution in [3.05, 3.63) is 0 Å². The van der Waals surface area contributed by atoms with Crippen molar-refractivity contribution in [2.75, 3.05) is 6.54 Å². The van der Waals surface area contributed by atoms with E-state index in [-0.39, 0.29) is 23.0 Å². The Bertz CT molecular complexity index is 382. The third kappa shape index (κ3) is 5.29. The van der Waals surface area contributed by atoms with E-state index >= 15 is 0 Å². The zero-order valence-electron chi connectivity index (χ0n) is 14.2. The smallest absolute Gasteiger partial charge is 0.220 e. The second kappa shape index (κ2) is 7.63. The van der Waals surface area contributed by atoms with Gasteiger partial charge in [-0.25, -0.2) is 0 Å². The lowest BCUT2D eigenvalue weighted by atomic mass is 9.90. The monoisotopic (exact) mass is 314 g/mol. The molecule has 0 spiro atoms. The number of hydrogen-bond acceptors (Lipinski definition) is 4. The maximum atomic E-state index is 12.5. The van der Waals surface area contributed by atoms with Gasteiger partial charge in [-0.05, 0) is 26.2 Å². The van der Waals surface area contributed by atoms with Gasteiger partial charge in [-0.15, -0.1) is 11.8 Å². The summed E-state index contributed by atoms with van der Waals surface area (Å²) in [6, 6.07) is 0.346. The summed E-state index contributed by atoms with van der Waals surface area (Å²) < 4.78 is -0.395. The number of thioether (sulfide) groups is 1. The molecule has 122 valence electrons. The van der Waals surface area contributed by atoms with Gasteiger partial charge < -0.3 is 10.6 Å². The Morgan fingerprint density at radius 2 is 1.76 bits per heavy atom. The number of ketones is 1. The third-order valence-corrected chi connectivity index (χ3v) is 5.13. The van der Waals surface area contributed by atoms with E-state index in [2.05, 4.69) is 38.3 Å². The molecule has 0 aromatic carbocycles. The van der Waals surface area contributed by atoms with Crippen molar-refractivity contribution < 1.29 is 9.59 Å². The van der Waals surface area contributed by atoms with E-state index in [1.165, 1.54) is 0 Å². The van der Waals surface area contributed by atoms with Gasteiger partial charge in [0.25, 0.3) is 0 Å². The summed E-state index contributed by atoms with van der Waals surface area (Å²) in [5.74, 6) is 0.777. The van der Waals surface area contributed by atoms with Gasteiger partial charge in [0.2, 0.25) is 5.91 Å². The van der Waals surface area contributed by atoms with E-state index in [0.29, 0.717) is 31.3 Å². The van der Waals surface area contributed by atoms with Crippen LogP contribution in [0.15, 0.2) is 0 Å². The zero-order valence-corrected chi connectivity index (χ0v) is 15.0. The molecule has 1 aliphatic rings. The summed E-state index contributed by atoms with van der Waals surface area (Å²) in [5.41, 5.74) is 0. The maximum Gasteiger partial charge on any atom is 0.220 e. The molecule has 0 bridgehead atoms. The van der Waals surface area contributed by atoms with Crippen molar-refractivity contribution in [2.45, 2.75) is 70.5 Å². The Morgan fingerprint density at radius 3 is 2.24 bits per heavy atom. The van der Waals surface area contributed by atoms with Crippen LogP contribution in [-0.4, -0.2) is 34.4 Å². The fraction of sp³-hybridized carbons (Fsp3) is 0.875. The lowest BCUT2D eigenvalue weighted by Gasteiger charge is -2.18. The van der Waals surface area contributed by atoms with E-state index in [0.717, 1.165) is 0 Å². The van der Waals surface area contributed by atoms with Crippen molar-refractivity contribution in [1.29, 1.82) is 0 Å². The molecule has 2 atom stereocenters. The minimum Gasteiger partial charge on any atom is -0.356 e. The molecule has 1 heterocycles. The molecule has 1 aliphatic heterocycles. The highest BCUT2D eigenvalue weighted by Crippen LogP contribution is 2.56. The average Bonchev–Trinajstić information content (AvgIpc) is 3.06. The zero-order chi connectivity index (χ0) is 16.2. The quantitative estimate of drug-likeness (QED) is 0.642. The van der Waals surface area contributed by atoms with E-state index in [4.69, 9.17) is 0 Å². The highest BCUT2D eigenvalue weighted by molar-refractivity contribution is 8.09. The molecular weight excluding hydrogens is 284 g/mol. The first-order valence-corrected chi connectivity index (χ1v) is 8.82. The second-order valence-electron chi connectivity index (χ2n) is 6.93. The highest BCUT2D eigenvalue weighted by atomic mass is 32.2. The van der Waals surface area contributed by atoms with Crippen LogP contribution >= 0.6 is 11.8 Å². The lowest BCUT2D eigenvalue weighted by Crippen LogP contribution is -2.39. The predicted molar refractivity (Wildman–Crippen MR) is 89.3 cm³/mol. The summed E-state index contributed by atoms with van der Waals surface area (Å²) in [6.07, 6.45) is 1.05. The molecule has 1 rings (SSSR count). The topological polar surface area (TPSA) is 58.2 Å². The molecule has 1 amide bonds. The van der Waals surface area contributed by atoms with Crippen molar-refractivity contribution >= 4 is 23.5 Å². The Labute approximate surface area is 133 Å². The number of Topliss-reactive ketones (excluding diaryl/α,β-unsaturated/α-hetero) is 1. The number of rotatable bonds is 9. The standard InChI is InChI=1S/C16H30N2O2S/c1-10(2)9-17-13(19)7-8-16(14(20)11(3)4)15(21-16)18-12(5)6/h10-12,15,18H,7-9H2,1-6H3,(H,17,19). The molecule has 5 heteroatoms. The van der Waals surface area contributed by atoms with Gasteiger partial charge in [0.1, 0.15) is 4.75 Å². The summed E-state index contributed by atoms with van der Waals surface area (Å²) in [5, 5.41) is 6.51. The Kier molecular flexibility index (Phi) is 6.72. The van der Waals surface area contributed by atoms with Crippen LogP contribution < -0.4 is 10.6 Å². The molecule has 1 saturated heterocycles. The fourth-order valence-electron chi connectivity index (χ4n) is 2.34. The van der Waals surface area contributed by atoms with Gasteiger partial charge in [-0.2, -0.15) is 0 Å². The SMILES string of the molecule is CC(C)CNC(=O)CCC1(C(=O)C(C)C)SC1NC(C)C. The Morgan fingerprint density at radius 1 is 1.14 bits per heavy atom. The number of hydrogen-bond donors (Lipinski definition) is 2. The molecule has 4 nitrogen and oxygen atoms in total. The molecule has 2 N–H and O–H groups in total. The molecule has 0 saturated carbocycles. The summed E-state index contributed by atoms with van der Waals surface area (Å²) in [6.45, 7) is 12.9. The minimum absolute atomic E-state index is 0.00943. The lowest BCUT2D eigenvalue weighted by molar-refractivity contribution is -0.124. The van der Waals surface area contributed by atoms with E-state index in [9.17, 15) is 9.59 Å². The Hall–Kier alpha value is -0.550. The van der Waals surface area contributed by atoms with Crippen LogP contribution in [0.4, 0.5) is 0 Å². The minimum atomic E-state index is -0.395. The van der Waals surface area contributed by atoms with Gasteiger partial charge >= 0.3 is 0 Å². The normalized spacial score (nSPS) is 24.7. The van der Waals surface area contributed by atoms with Gasteiger partial charge in [0.15, 0.2) is 5.78 Å². The van der Waals surface area contributed by atoms with Crippen LogP contribution in [0.2, 0.25) is 0 Å². The van der Waals surface area contributed by atoms with E-state index in [1.54, 1.807) is 11.8 Å². The molecule has 0 aromatic rings. The van der Waals surface area contributed by atoms with Crippen molar-refractivity contribution in [3.8, 4) is 0 Å². The third-order valence-electron chi connectivity index (χ3n) is 3.55.